The largest absolute Gasteiger partial charge is 0.474 e. The Balaban J connectivity index is 1.45. The van der Waals surface area contributed by atoms with Gasteiger partial charge in [0.1, 0.15) is 5.76 Å². The van der Waals surface area contributed by atoms with Gasteiger partial charge < -0.3 is 18.6 Å². The maximum Gasteiger partial charge on any atom is 0.174 e. The van der Waals surface area contributed by atoms with E-state index in [1.807, 2.05) is 12.1 Å². The number of fused-ring (bicyclic) bond motifs is 6. The Morgan fingerprint density at radius 2 is 1.16 bits per heavy atom. The van der Waals surface area contributed by atoms with Crippen molar-refractivity contribution in [3.05, 3.63) is 148 Å². The summed E-state index contributed by atoms with van der Waals surface area (Å²) in [4.78, 5) is 0. The van der Waals surface area contributed by atoms with Gasteiger partial charge in [-0.05, 0) is 50.5 Å². The van der Waals surface area contributed by atoms with Gasteiger partial charge in [0.15, 0.2) is 17.1 Å². The van der Waals surface area contributed by atoms with Crippen molar-refractivity contribution in [3.8, 4) is 0 Å². The molecule has 1 atom stereocenters. The molecule has 0 aliphatic carbocycles. The zero-order valence-electron chi connectivity index (χ0n) is 25.5. The molecule has 4 heteroatoms. The molecule has 0 bridgehead atoms. The van der Waals surface area contributed by atoms with Gasteiger partial charge in [-0.3, -0.25) is 0 Å². The van der Waals surface area contributed by atoms with E-state index in [0.29, 0.717) is 0 Å². The van der Waals surface area contributed by atoms with Gasteiger partial charge in [-0.2, -0.15) is 0 Å². The Labute approximate surface area is 257 Å². The maximum atomic E-state index is 7.30. The topological polar surface area (TPSA) is 28.3 Å². The van der Waals surface area contributed by atoms with Crippen LogP contribution in [-0.2, 0) is 15.1 Å². The van der Waals surface area contributed by atoms with Crippen molar-refractivity contribution < 1.29 is 9.47 Å². The van der Waals surface area contributed by atoms with Crippen LogP contribution in [0.5, 0.6) is 0 Å². The molecule has 2 aliphatic heterocycles. The highest BCUT2D eigenvalue weighted by atomic mass is 16.5. The molecule has 0 saturated carbocycles. The average molecular weight is 575 g/mol. The third-order valence-corrected chi connectivity index (χ3v) is 9.47. The van der Waals surface area contributed by atoms with Crippen LogP contribution in [0.2, 0.25) is 0 Å². The Kier molecular flexibility index (Phi) is 5.95. The first kappa shape index (κ1) is 26.4. The maximum absolute atomic E-state index is 7.30. The minimum absolute atomic E-state index is 0.719. The van der Waals surface area contributed by atoms with E-state index < -0.39 is 5.60 Å². The summed E-state index contributed by atoms with van der Waals surface area (Å²) in [5.41, 5.74) is 9.29. The molecule has 0 spiro atoms. The highest BCUT2D eigenvalue weighted by molar-refractivity contribution is 5.97. The molecule has 0 N–H and O–H groups in total. The SMILES string of the molecule is CCC1(C(C)=C2OC(c3ccccc3)=Cn3c2c(C)c2ccccc23)OC(c2ccccc2)=Cn2c1c(C)c1ccccc12. The van der Waals surface area contributed by atoms with E-state index in [1.165, 1.54) is 27.4 Å². The van der Waals surface area contributed by atoms with Crippen molar-refractivity contribution in [1.29, 1.82) is 0 Å². The van der Waals surface area contributed by atoms with Gasteiger partial charge in [-0.25, -0.2) is 0 Å². The summed E-state index contributed by atoms with van der Waals surface area (Å²) >= 11 is 0. The Hall–Kier alpha value is -5.22. The van der Waals surface area contributed by atoms with Crippen LogP contribution in [-0.4, -0.2) is 9.13 Å². The van der Waals surface area contributed by atoms with Crippen LogP contribution < -0.4 is 0 Å². The molecule has 8 rings (SSSR count). The van der Waals surface area contributed by atoms with Gasteiger partial charge in [0.25, 0.3) is 0 Å². The highest BCUT2D eigenvalue weighted by Crippen LogP contribution is 2.52. The van der Waals surface area contributed by atoms with Crippen molar-refractivity contribution in [2.75, 3.05) is 0 Å². The molecule has 4 heterocycles. The lowest BCUT2D eigenvalue weighted by Crippen LogP contribution is -2.36. The number of hydrogen-bond donors (Lipinski definition) is 0. The Bertz CT molecular complexity index is 2180. The number of ether oxygens (including phenoxy) is 2. The number of nitrogens with zero attached hydrogens (tertiary/aromatic N) is 2. The van der Waals surface area contributed by atoms with Crippen LogP contribution in [0.4, 0.5) is 0 Å². The van der Waals surface area contributed by atoms with E-state index in [2.05, 4.69) is 146 Å². The number of benzene rings is 4. The molecule has 216 valence electrons. The van der Waals surface area contributed by atoms with Gasteiger partial charge in [-0.15, -0.1) is 0 Å². The lowest BCUT2D eigenvalue weighted by Gasteiger charge is -2.41. The smallest absolute Gasteiger partial charge is 0.174 e. The van der Waals surface area contributed by atoms with Crippen LogP contribution >= 0.6 is 0 Å². The van der Waals surface area contributed by atoms with Crippen molar-refractivity contribution in [3.63, 3.8) is 0 Å². The van der Waals surface area contributed by atoms with Crippen LogP contribution in [0, 0.1) is 13.8 Å². The Morgan fingerprint density at radius 1 is 0.636 bits per heavy atom. The molecule has 0 fully saturated rings. The average Bonchev–Trinajstić information content (AvgIpc) is 3.55. The van der Waals surface area contributed by atoms with E-state index in [4.69, 9.17) is 9.47 Å². The van der Waals surface area contributed by atoms with Crippen molar-refractivity contribution in [1.82, 2.24) is 9.13 Å². The standard InChI is InChI=1S/C40H34N2O2/c1-5-40(39-27(3)32-21-13-15-23-34(32)42(39)25-36(44-40)30-18-10-7-11-19-30)28(4)38-37-26(2)31-20-12-14-22-33(31)41(37)24-35(43-38)29-16-8-6-9-17-29/h6-25H,5H2,1-4H3. The fraction of sp³-hybridized carbons (Fsp3) is 0.150. The van der Waals surface area contributed by atoms with Gasteiger partial charge >= 0.3 is 0 Å². The predicted molar refractivity (Wildman–Crippen MR) is 181 cm³/mol. The number of para-hydroxylation sites is 2. The van der Waals surface area contributed by atoms with Gasteiger partial charge in [-0.1, -0.05) is 104 Å². The van der Waals surface area contributed by atoms with Gasteiger partial charge in [0.05, 0.1) is 34.8 Å². The summed E-state index contributed by atoms with van der Waals surface area (Å²) < 4.78 is 19.0. The fourth-order valence-electron chi connectivity index (χ4n) is 7.25. The van der Waals surface area contributed by atoms with Crippen molar-refractivity contribution >= 4 is 51.5 Å². The van der Waals surface area contributed by atoms with Crippen LogP contribution in [0.25, 0.3) is 51.5 Å². The number of aromatic nitrogens is 2. The van der Waals surface area contributed by atoms with E-state index in [1.54, 1.807) is 0 Å². The second-order valence-corrected chi connectivity index (χ2v) is 11.8. The molecule has 2 aromatic heterocycles. The molecule has 1 unspecified atom stereocenters. The quantitative estimate of drug-likeness (QED) is 0.210. The molecular formula is C40H34N2O2. The van der Waals surface area contributed by atoms with Crippen LogP contribution in [0.15, 0.2) is 115 Å². The molecule has 2 aliphatic rings. The number of rotatable bonds is 4. The normalized spacial score (nSPS) is 18.6. The highest BCUT2D eigenvalue weighted by Gasteiger charge is 2.46. The van der Waals surface area contributed by atoms with Crippen molar-refractivity contribution in [2.24, 2.45) is 0 Å². The lowest BCUT2D eigenvalue weighted by atomic mass is 9.83. The third kappa shape index (κ3) is 3.70. The molecular weight excluding hydrogens is 540 g/mol. The molecule has 0 saturated heterocycles. The summed E-state index contributed by atoms with van der Waals surface area (Å²) in [6.45, 7) is 8.84. The molecule has 44 heavy (non-hydrogen) atoms. The van der Waals surface area contributed by atoms with Gasteiger partial charge in [0.2, 0.25) is 0 Å². The third-order valence-electron chi connectivity index (χ3n) is 9.47. The second kappa shape index (κ2) is 9.92. The Morgan fingerprint density at radius 3 is 1.80 bits per heavy atom. The molecule has 4 nitrogen and oxygen atoms in total. The van der Waals surface area contributed by atoms with Crippen molar-refractivity contribution in [2.45, 2.75) is 39.7 Å². The van der Waals surface area contributed by atoms with Crippen LogP contribution in [0.3, 0.4) is 0 Å². The predicted octanol–water partition coefficient (Wildman–Crippen LogP) is 10.2. The fourth-order valence-corrected chi connectivity index (χ4v) is 7.25. The summed E-state index contributed by atoms with van der Waals surface area (Å²) in [6.07, 6.45) is 5.01. The first-order valence-corrected chi connectivity index (χ1v) is 15.3. The van der Waals surface area contributed by atoms with E-state index >= 15 is 0 Å². The molecule has 0 radical (unpaired) electrons. The monoisotopic (exact) mass is 574 g/mol. The minimum Gasteiger partial charge on any atom is -0.474 e. The minimum atomic E-state index is -0.786. The molecule has 0 amide bonds. The summed E-state index contributed by atoms with van der Waals surface area (Å²) in [7, 11) is 0. The van der Waals surface area contributed by atoms with Gasteiger partial charge in [0, 0.05) is 27.5 Å². The second-order valence-electron chi connectivity index (χ2n) is 11.8. The summed E-state index contributed by atoms with van der Waals surface area (Å²) in [5, 5.41) is 2.44. The number of hydrogen-bond acceptors (Lipinski definition) is 2. The summed E-state index contributed by atoms with van der Waals surface area (Å²) in [5.74, 6) is 2.49. The zero-order chi connectivity index (χ0) is 30.0. The number of aryl methyl sites for hydroxylation is 2. The molecule has 6 aromatic rings. The van der Waals surface area contributed by atoms with Crippen LogP contribution in [0.1, 0.15) is 53.9 Å². The van der Waals surface area contributed by atoms with E-state index in [9.17, 15) is 0 Å². The zero-order valence-corrected chi connectivity index (χ0v) is 25.5. The van der Waals surface area contributed by atoms with E-state index in [0.717, 1.165) is 57.3 Å². The lowest BCUT2D eigenvalue weighted by molar-refractivity contribution is 0.0573. The first-order chi connectivity index (χ1) is 21.5. The molecule has 4 aromatic carbocycles. The summed E-state index contributed by atoms with van der Waals surface area (Å²) in [6, 6.07) is 38.0. The van der Waals surface area contributed by atoms with E-state index in [-0.39, 0.29) is 0 Å². The first-order valence-electron chi connectivity index (χ1n) is 15.3.